The van der Waals surface area contributed by atoms with Gasteiger partial charge < -0.3 is 10.1 Å². The first-order valence-corrected chi connectivity index (χ1v) is 6.84. The molecule has 2 aromatic carbocycles. The molecule has 0 saturated heterocycles. The van der Waals surface area contributed by atoms with Crippen LogP contribution in [0, 0.1) is 5.82 Å². The summed E-state index contributed by atoms with van der Waals surface area (Å²) in [4.78, 5) is 11.5. The number of halogens is 1. The van der Waals surface area contributed by atoms with Crippen molar-refractivity contribution in [3.63, 3.8) is 0 Å². The van der Waals surface area contributed by atoms with Crippen LogP contribution in [0.3, 0.4) is 0 Å². The van der Waals surface area contributed by atoms with Crippen molar-refractivity contribution in [1.29, 1.82) is 0 Å². The van der Waals surface area contributed by atoms with Crippen molar-refractivity contribution in [1.82, 2.24) is 0 Å². The Balaban J connectivity index is 2.17. The van der Waals surface area contributed by atoms with Crippen molar-refractivity contribution in [2.24, 2.45) is 0 Å². The minimum absolute atomic E-state index is 0.295. The van der Waals surface area contributed by atoms with Crippen molar-refractivity contribution in [2.75, 3.05) is 12.4 Å². The lowest BCUT2D eigenvalue weighted by Crippen LogP contribution is -2.07. The van der Waals surface area contributed by atoms with Gasteiger partial charge in [0.2, 0.25) is 0 Å². The SMILES string of the molecule is CCc1ccccc1CNc1cc(C(=O)OC)ccc1F. The molecule has 4 heteroatoms. The Morgan fingerprint density at radius 2 is 1.90 bits per heavy atom. The number of rotatable bonds is 5. The highest BCUT2D eigenvalue weighted by Gasteiger charge is 2.10. The van der Waals surface area contributed by atoms with Crippen LogP contribution in [0.25, 0.3) is 0 Å². The molecule has 0 saturated carbocycles. The summed E-state index contributed by atoms with van der Waals surface area (Å²) in [5.74, 6) is -0.872. The largest absolute Gasteiger partial charge is 0.465 e. The van der Waals surface area contributed by atoms with Crippen LogP contribution in [-0.4, -0.2) is 13.1 Å². The molecular formula is C17H18FNO2. The Hall–Kier alpha value is -2.36. The van der Waals surface area contributed by atoms with Crippen LogP contribution >= 0.6 is 0 Å². The minimum atomic E-state index is -0.480. The van der Waals surface area contributed by atoms with E-state index in [1.165, 1.54) is 30.9 Å². The molecule has 0 spiro atoms. The number of ether oxygens (including phenoxy) is 1. The smallest absolute Gasteiger partial charge is 0.337 e. The Kier molecular flexibility index (Phi) is 4.93. The zero-order chi connectivity index (χ0) is 15.2. The summed E-state index contributed by atoms with van der Waals surface area (Å²) in [5.41, 5.74) is 2.95. The molecule has 0 radical (unpaired) electrons. The monoisotopic (exact) mass is 287 g/mol. The number of anilines is 1. The van der Waals surface area contributed by atoms with Gasteiger partial charge in [0.15, 0.2) is 0 Å². The summed E-state index contributed by atoms with van der Waals surface area (Å²) < 4.78 is 18.4. The molecule has 0 amide bonds. The molecule has 0 heterocycles. The van der Waals surface area contributed by atoms with Gasteiger partial charge in [-0.1, -0.05) is 31.2 Å². The zero-order valence-corrected chi connectivity index (χ0v) is 12.2. The lowest BCUT2D eigenvalue weighted by atomic mass is 10.1. The lowest BCUT2D eigenvalue weighted by Gasteiger charge is -2.12. The summed E-state index contributed by atoms with van der Waals surface area (Å²) in [6.07, 6.45) is 0.919. The number of methoxy groups -OCH3 is 1. The van der Waals surface area contributed by atoms with Gasteiger partial charge in [-0.3, -0.25) is 0 Å². The molecule has 110 valence electrons. The minimum Gasteiger partial charge on any atom is -0.465 e. The summed E-state index contributed by atoms with van der Waals surface area (Å²) in [7, 11) is 1.30. The van der Waals surface area contributed by atoms with Gasteiger partial charge in [0.1, 0.15) is 5.82 Å². The Labute approximate surface area is 123 Å². The summed E-state index contributed by atoms with van der Waals surface area (Å²) in [6.45, 7) is 2.59. The summed E-state index contributed by atoms with van der Waals surface area (Å²) in [6, 6.07) is 12.1. The second-order valence-electron chi connectivity index (χ2n) is 4.66. The Morgan fingerprint density at radius 3 is 2.57 bits per heavy atom. The highest BCUT2D eigenvalue weighted by molar-refractivity contribution is 5.90. The number of carbonyl (C=O) groups excluding carboxylic acids is 1. The topological polar surface area (TPSA) is 38.3 Å². The van der Waals surface area contributed by atoms with Crippen molar-refractivity contribution < 1.29 is 13.9 Å². The molecular weight excluding hydrogens is 269 g/mol. The van der Waals surface area contributed by atoms with Gasteiger partial charge in [-0.25, -0.2) is 9.18 Å². The van der Waals surface area contributed by atoms with Gasteiger partial charge in [0, 0.05) is 6.54 Å². The third-order valence-corrected chi connectivity index (χ3v) is 3.36. The second kappa shape index (κ2) is 6.88. The number of benzene rings is 2. The van der Waals surface area contributed by atoms with E-state index >= 15 is 0 Å². The normalized spacial score (nSPS) is 10.2. The number of nitrogens with one attached hydrogen (secondary N) is 1. The highest BCUT2D eigenvalue weighted by atomic mass is 19.1. The molecule has 2 aromatic rings. The second-order valence-corrected chi connectivity index (χ2v) is 4.66. The quantitative estimate of drug-likeness (QED) is 0.850. The fraction of sp³-hybridized carbons (Fsp3) is 0.235. The number of hydrogen-bond acceptors (Lipinski definition) is 3. The molecule has 2 rings (SSSR count). The summed E-state index contributed by atoms with van der Waals surface area (Å²) in [5, 5.41) is 3.04. The molecule has 0 fully saturated rings. The lowest BCUT2D eigenvalue weighted by molar-refractivity contribution is 0.0600. The maximum Gasteiger partial charge on any atom is 0.337 e. The fourth-order valence-electron chi connectivity index (χ4n) is 2.17. The van der Waals surface area contributed by atoms with Crippen LogP contribution < -0.4 is 5.32 Å². The molecule has 0 aliphatic heterocycles. The van der Waals surface area contributed by atoms with E-state index in [0.29, 0.717) is 17.8 Å². The van der Waals surface area contributed by atoms with Crippen molar-refractivity contribution >= 4 is 11.7 Å². The van der Waals surface area contributed by atoms with E-state index in [9.17, 15) is 9.18 Å². The third kappa shape index (κ3) is 3.60. The van der Waals surface area contributed by atoms with Gasteiger partial charge in [-0.15, -0.1) is 0 Å². The zero-order valence-electron chi connectivity index (χ0n) is 12.2. The number of aryl methyl sites for hydroxylation is 1. The predicted octanol–water partition coefficient (Wildman–Crippen LogP) is 3.79. The van der Waals surface area contributed by atoms with Crippen LogP contribution in [0.1, 0.15) is 28.4 Å². The molecule has 0 aromatic heterocycles. The fourth-order valence-corrected chi connectivity index (χ4v) is 2.17. The van der Waals surface area contributed by atoms with Crippen LogP contribution in [0.2, 0.25) is 0 Å². The number of carbonyl (C=O) groups is 1. The van der Waals surface area contributed by atoms with Crippen LogP contribution in [-0.2, 0) is 17.7 Å². The van der Waals surface area contributed by atoms with Gasteiger partial charge >= 0.3 is 5.97 Å². The van der Waals surface area contributed by atoms with Crippen molar-refractivity contribution in [2.45, 2.75) is 19.9 Å². The predicted molar refractivity (Wildman–Crippen MR) is 80.9 cm³/mol. The number of hydrogen-bond donors (Lipinski definition) is 1. The van der Waals surface area contributed by atoms with E-state index in [4.69, 9.17) is 0 Å². The first-order chi connectivity index (χ1) is 10.2. The molecule has 0 unspecified atom stereocenters. The van der Waals surface area contributed by atoms with Crippen LogP contribution in [0.4, 0.5) is 10.1 Å². The van der Waals surface area contributed by atoms with E-state index in [0.717, 1.165) is 12.0 Å². The summed E-state index contributed by atoms with van der Waals surface area (Å²) >= 11 is 0. The van der Waals surface area contributed by atoms with Gasteiger partial charge in [-0.05, 0) is 35.7 Å². The molecule has 0 aliphatic carbocycles. The first kappa shape index (κ1) is 15.0. The Bertz CT molecular complexity index is 640. The van der Waals surface area contributed by atoms with Crippen LogP contribution in [0.5, 0.6) is 0 Å². The molecule has 0 bridgehead atoms. The van der Waals surface area contributed by atoms with E-state index in [2.05, 4.69) is 23.0 Å². The van der Waals surface area contributed by atoms with Crippen molar-refractivity contribution in [3.05, 3.63) is 65.0 Å². The maximum absolute atomic E-state index is 13.8. The van der Waals surface area contributed by atoms with Gasteiger partial charge in [0.05, 0.1) is 18.4 Å². The third-order valence-electron chi connectivity index (χ3n) is 3.36. The molecule has 0 aliphatic rings. The molecule has 1 N–H and O–H groups in total. The number of esters is 1. The average Bonchev–Trinajstić information content (AvgIpc) is 2.53. The first-order valence-electron chi connectivity index (χ1n) is 6.84. The standard InChI is InChI=1S/C17H18FNO2/c1-3-12-6-4-5-7-14(12)11-19-16-10-13(17(20)21-2)8-9-15(16)18/h4-10,19H,3,11H2,1-2H3. The van der Waals surface area contributed by atoms with Crippen molar-refractivity contribution in [3.8, 4) is 0 Å². The molecule has 21 heavy (non-hydrogen) atoms. The van der Waals surface area contributed by atoms with E-state index < -0.39 is 11.8 Å². The van der Waals surface area contributed by atoms with E-state index in [1.807, 2.05) is 18.2 Å². The van der Waals surface area contributed by atoms with Gasteiger partial charge in [-0.2, -0.15) is 0 Å². The molecule has 3 nitrogen and oxygen atoms in total. The Morgan fingerprint density at radius 1 is 1.19 bits per heavy atom. The average molecular weight is 287 g/mol. The van der Waals surface area contributed by atoms with Gasteiger partial charge in [0.25, 0.3) is 0 Å². The van der Waals surface area contributed by atoms with Crippen LogP contribution in [0.15, 0.2) is 42.5 Å². The van der Waals surface area contributed by atoms with E-state index in [1.54, 1.807) is 0 Å². The highest BCUT2D eigenvalue weighted by Crippen LogP contribution is 2.19. The molecule has 0 atom stereocenters. The maximum atomic E-state index is 13.8. The van der Waals surface area contributed by atoms with E-state index in [-0.39, 0.29) is 0 Å².